The van der Waals surface area contributed by atoms with Crippen molar-refractivity contribution < 1.29 is 5.11 Å². The van der Waals surface area contributed by atoms with Gasteiger partial charge in [-0.25, -0.2) is 0 Å². The first-order valence-corrected chi connectivity index (χ1v) is 8.40. The van der Waals surface area contributed by atoms with Gasteiger partial charge in [0.2, 0.25) is 0 Å². The highest BCUT2D eigenvalue weighted by Gasteiger charge is 2.31. The number of aromatic nitrogens is 2. The molecule has 2 N–H and O–H groups in total. The van der Waals surface area contributed by atoms with Crippen LogP contribution in [-0.4, -0.2) is 27.5 Å². The molecule has 1 aliphatic rings. The molecule has 21 heavy (non-hydrogen) atoms. The molecule has 0 unspecified atom stereocenters. The molecule has 0 aromatic carbocycles. The number of rotatable bonds is 7. The Hall–Kier alpha value is -0.870. The van der Waals surface area contributed by atoms with Gasteiger partial charge < -0.3 is 10.4 Å². The van der Waals surface area contributed by atoms with E-state index in [1.165, 1.54) is 37.7 Å². The standard InChI is InChI=1S/C17H31N3O/c1-4-17(2,3)15-5-7-16(8-6-15)18-11-14-12-19-20(13-14)9-10-21/h12-13,15-16,18,21H,4-11H2,1-3H3. The topological polar surface area (TPSA) is 50.1 Å². The quantitative estimate of drug-likeness (QED) is 0.812. The average Bonchev–Trinajstić information content (AvgIpc) is 2.94. The van der Waals surface area contributed by atoms with Gasteiger partial charge in [-0.15, -0.1) is 0 Å². The van der Waals surface area contributed by atoms with Gasteiger partial charge in [-0.2, -0.15) is 5.10 Å². The van der Waals surface area contributed by atoms with Gasteiger partial charge in [0.05, 0.1) is 19.3 Å². The fourth-order valence-corrected chi connectivity index (χ4v) is 3.35. The van der Waals surface area contributed by atoms with Gasteiger partial charge in [-0.1, -0.05) is 27.2 Å². The Labute approximate surface area is 128 Å². The van der Waals surface area contributed by atoms with Crippen molar-refractivity contribution >= 4 is 0 Å². The second-order valence-electron chi connectivity index (χ2n) is 7.11. The molecule has 1 fully saturated rings. The van der Waals surface area contributed by atoms with Crippen molar-refractivity contribution in [3.63, 3.8) is 0 Å². The van der Waals surface area contributed by atoms with Crippen LogP contribution in [-0.2, 0) is 13.1 Å². The number of nitrogens with one attached hydrogen (secondary N) is 1. The summed E-state index contributed by atoms with van der Waals surface area (Å²) in [5.41, 5.74) is 1.70. The van der Waals surface area contributed by atoms with Crippen LogP contribution in [0.1, 0.15) is 58.4 Å². The molecule has 0 spiro atoms. The van der Waals surface area contributed by atoms with Gasteiger partial charge in [0.25, 0.3) is 0 Å². The Bertz CT molecular complexity index is 419. The molecule has 0 aliphatic heterocycles. The summed E-state index contributed by atoms with van der Waals surface area (Å²) in [7, 11) is 0. The summed E-state index contributed by atoms with van der Waals surface area (Å²) in [6.45, 7) is 8.76. The molecule has 0 bridgehead atoms. The molecule has 0 atom stereocenters. The molecule has 1 aromatic heterocycles. The third-order valence-electron chi connectivity index (χ3n) is 5.35. The number of aliphatic hydroxyl groups is 1. The largest absolute Gasteiger partial charge is 0.394 e. The highest BCUT2D eigenvalue weighted by atomic mass is 16.3. The second kappa shape index (κ2) is 7.41. The van der Waals surface area contributed by atoms with E-state index in [9.17, 15) is 0 Å². The summed E-state index contributed by atoms with van der Waals surface area (Å²) in [6, 6.07) is 0.648. The van der Waals surface area contributed by atoms with Gasteiger partial charge in [-0.3, -0.25) is 4.68 Å². The minimum Gasteiger partial charge on any atom is -0.394 e. The number of hydrogen-bond donors (Lipinski definition) is 2. The van der Waals surface area contributed by atoms with E-state index in [0.717, 1.165) is 12.5 Å². The van der Waals surface area contributed by atoms with E-state index in [-0.39, 0.29) is 6.61 Å². The summed E-state index contributed by atoms with van der Waals surface area (Å²) in [4.78, 5) is 0. The third kappa shape index (κ3) is 4.55. The molecule has 0 amide bonds. The third-order valence-corrected chi connectivity index (χ3v) is 5.35. The first kappa shape index (κ1) is 16.5. The summed E-state index contributed by atoms with van der Waals surface area (Å²) >= 11 is 0. The fourth-order valence-electron chi connectivity index (χ4n) is 3.35. The molecule has 1 saturated carbocycles. The van der Waals surface area contributed by atoms with Crippen molar-refractivity contribution in [1.29, 1.82) is 0 Å². The Morgan fingerprint density at radius 2 is 2.05 bits per heavy atom. The zero-order valence-electron chi connectivity index (χ0n) is 13.8. The Morgan fingerprint density at radius 3 is 2.67 bits per heavy atom. The van der Waals surface area contributed by atoms with Crippen molar-refractivity contribution in [2.24, 2.45) is 11.3 Å². The number of hydrogen-bond acceptors (Lipinski definition) is 3. The smallest absolute Gasteiger partial charge is 0.0640 e. The van der Waals surface area contributed by atoms with Crippen molar-refractivity contribution in [2.75, 3.05) is 6.61 Å². The highest BCUT2D eigenvalue weighted by Crippen LogP contribution is 2.40. The fraction of sp³-hybridized carbons (Fsp3) is 0.824. The molecule has 1 aliphatic carbocycles. The molecule has 1 aromatic rings. The minimum absolute atomic E-state index is 0.145. The van der Waals surface area contributed by atoms with Crippen LogP contribution in [0.25, 0.3) is 0 Å². The van der Waals surface area contributed by atoms with Crippen LogP contribution >= 0.6 is 0 Å². The Kier molecular flexibility index (Phi) is 5.82. The average molecular weight is 293 g/mol. The van der Waals surface area contributed by atoms with Gasteiger partial charge in [0.15, 0.2) is 0 Å². The van der Waals surface area contributed by atoms with Crippen molar-refractivity contribution in [1.82, 2.24) is 15.1 Å². The molecule has 0 radical (unpaired) electrons. The predicted molar refractivity (Wildman–Crippen MR) is 86.0 cm³/mol. The molecular weight excluding hydrogens is 262 g/mol. The maximum atomic E-state index is 8.90. The maximum Gasteiger partial charge on any atom is 0.0640 e. The van der Waals surface area contributed by atoms with Gasteiger partial charge >= 0.3 is 0 Å². The maximum absolute atomic E-state index is 8.90. The van der Waals surface area contributed by atoms with Gasteiger partial charge in [-0.05, 0) is 37.0 Å². The summed E-state index contributed by atoms with van der Waals surface area (Å²) in [5, 5.41) is 16.8. The summed E-state index contributed by atoms with van der Waals surface area (Å²) < 4.78 is 1.80. The molecule has 120 valence electrons. The van der Waals surface area contributed by atoms with Crippen molar-refractivity contribution in [2.45, 2.75) is 72.0 Å². The van der Waals surface area contributed by atoms with Crippen LogP contribution in [0.4, 0.5) is 0 Å². The van der Waals surface area contributed by atoms with Gasteiger partial charge in [0.1, 0.15) is 0 Å². The first-order chi connectivity index (χ1) is 10.0. The molecule has 1 heterocycles. The van der Waals surface area contributed by atoms with E-state index in [4.69, 9.17) is 5.11 Å². The van der Waals surface area contributed by atoms with Crippen molar-refractivity contribution in [3.8, 4) is 0 Å². The lowest BCUT2D eigenvalue weighted by atomic mass is 9.69. The lowest BCUT2D eigenvalue weighted by Gasteiger charge is -2.39. The predicted octanol–water partition coefficient (Wildman–Crippen LogP) is 2.96. The first-order valence-electron chi connectivity index (χ1n) is 8.40. The molecule has 4 heteroatoms. The Balaban J connectivity index is 1.73. The molecule has 4 nitrogen and oxygen atoms in total. The Morgan fingerprint density at radius 1 is 1.33 bits per heavy atom. The highest BCUT2D eigenvalue weighted by molar-refractivity contribution is 5.03. The lowest BCUT2D eigenvalue weighted by Crippen LogP contribution is -2.36. The van der Waals surface area contributed by atoms with E-state index >= 15 is 0 Å². The van der Waals surface area contributed by atoms with Gasteiger partial charge in [0, 0.05) is 24.3 Å². The summed E-state index contributed by atoms with van der Waals surface area (Å²) in [6.07, 6.45) is 10.5. The molecule has 0 saturated heterocycles. The van der Waals surface area contributed by atoms with Crippen LogP contribution in [0.15, 0.2) is 12.4 Å². The lowest BCUT2D eigenvalue weighted by molar-refractivity contribution is 0.137. The molecule has 2 rings (SSSR count). The SMILES string of the molecule is CCC(C)(C)C1CCC(NCc2cnn(CCO)c2)CC1. The van der Waals surface area contributed by atoms with Crippen LogP contribution in [0.5, 0.6) is 0 Å². The van der Waals surface area contributed by atoms with E-state index in [2.05, 4.69) is 31.2 Å². The number of nitrogens with zero attached hydrogens (tertiary/aromatic N) is 2. The molecular formula is C17H31N3O. The second-order valence-corrected chi connectivity index (χ2v) is 7.11. The van der Waals surface area contributed by atoms with E-state index < -0.39 is 0 Å². The van der Waals surface area contributed by atoms with Crippen molar-refractivity contribution in [3.05, 3.63) is 18.0 Å². The zero-order chi connectivity index (χ0) is 15.3. The van der Waals surface area contributed by atoms with E-state index in [1.54, 1.807) is 4.68 Å². The van der Waals surface area contributed by atoms with Crippen LogP contribution in [0.3, 0.4) is 0 Å². The normalized spacial score (nSPS) is 23.4. The van der Waals surface area contributed by atoms with E-state index in [0.29, 0.717) is 18.0 Å². The van der Waals surface area contributed by atoms with E-state index in [1.807, 2.05) is 12.4 Å². The summed E-state index contributed by atoms with van der Waals surface area (Å²) in [5.74, 6) is 0.882. The minimum atomic E-state index is 0.145. The monoisotopic (exact) mass is 293 g/mol. The zero-order valence-corrected chi connectivity index (χ0v) is 13.8. The van der Waals surface area contributed by atoms with Crippen LogP contribution in [0.2, 0.25) is 0 Å². The van der Waals surface area contributed by atoms with Crippen LogP contribution < -0.4 is 5.32 Å². The van der Waals surface area contributed by atoms with Crippen LogP contribution in [0, 0.1) is 11.3 Å². The number of aliphatic hydroxyl groups excluding tert-OH is 1.